The van der Waals surface area contributed by atoms with E-state index in [9.17, 15) is 18.0 Å². The predicted molar refractivity (Wildman–Crippen MR) is 115 cm³/mol. The average Bonchev–Trinajstić information content (AvgIpc) is 3.04. The van der Waals surface area contributed by atoms with E-state index in [-0.39, 0.29) is 34.4 Å². The summed E-state index contributed by atoms with van der Waals surface area (Å²) < 4.78 is 36.0. The molecule has 4 rings (SSSR count). The Morgan fingerprint density at radius 3 is 2.32 bits per heavy atom. The molecular formula is C21H21ClN2O6S. The van der Waals surface area contributed by atoms with E-state index in [1.54, 1.807) is 19.1 Å². The van der Waals surface area contributed by atoms with Crippen LogP contribution in [-0.2, 0) is 27.8 Å². The Kier molecular flexibility index (Phi) is 5.57. The van der Waals surface area contributed by atoms with E-state index in [4.69, 9.17) is 21.1 Å². The van der Waals surface area contributed by atoms with Gasteiger partial charge in [-0.05, 0) is 47.9 Å². The zero-order chi connectivity index (χ0) is 22.3. The molecule has 31 heavy (non-hydrogen) atoms. The predicted octanol–water partition coefficient (Wildman–Crippen LogP) is 2.62. The van der Waals surface area contributed by atoms with Gasteiger partial charge in [-0.2, -0.15) is 0 Å². The normalized spacial score (nSPS) is 17.5. The second-order valence-electron chi connectivity index (χ2n) is 7.34. The van der Waals surface area contributed by atoms with Gasteiger partial charge in [-0.15, -0.1) is 0 Å². The summed E-state index contributed by atoms with van der Waals surface area (Å²) in [6, 6.07) is 8.12. The molecule has 2 amide bonds. The molecule has 0 bridgehead atoms. The molecule has 0 radical (unpaired) electrons. The number of halogens is 1. The molecule has 2 aromatic carbocycles. The average molecular weight is 465 g/mol. The van der Waals surface area contributed by atoms with Crippen LogP contribution in [0.3, 0.4) is 0 Å². The van der Waals surface area contributed by atoms with E-state index in [1.807, 2.05) is 12.1 Å². The number of hydrogen-bond acceptors (Lipinski definition) is 6. The van der Waals surface area contributed by atoms with Crippen LogP contribution in [0.4, 0.5) is 5.69 Å². The Labute approximate surface area is 185 Å². The summed E-state index contributed by atoms with van der Waals surface area (Å²) in [6.07, 6.45) is 0.534. The molecule has 0 N–H and O–H groups in total. The number of benzene rings is 2. The SMILES string of the molecule is COc1cc2c(cc1OC)CN(C(=O)c1ccc(Cl)c(N3C(=O)CCS3(=O)=O)c1)CC2. The molecule has 2 aliphatic rings. The lowest BCUT2D eigenvalue weighted by Crippen LogP contribution is -2.36. The standard InChI is InChI=1S/C21H21ClN2O6S/c1-29-18-10-13-5-7-23(12-15(13)11-19(18)30-2)21(26)14-3-4-16(22)17(9-14)24-20(25)6-8-31(24,27)28/h3-4,9-11H,5-8,12H2,1-2H3. The number of rotatable bonds is 4. The molecule has 2 aromatic rings. The van der Waals surface area contributed by atoms with Crippen LogP contribution < -0.4 is 13.8 Å². The Hall–Kier alpha value is -2.78. The largest absolute Gasteiger partial charge is 0.493 e. The minimum Gasteiger partial charge on any atom is -0.493 e. The van der Waals surface area contributed by atoms with Crippen molar-refractivity contribution in [3.63, 3.8) is 0 Å². The van der Waals surface area contributed by atoms with Crippen LogP contribution in [0.1, 0.15) is 27.9 Å². The van der Waals surface area contributed by atoms with Crippen LogP contribution in [0.2, 0.25) is 5.02 Å². The number of amides is 2. The highest BCUT2D eigenvalue weighted by Crippen LogP contribution is 2.35. The third-order valence-electron chi connectivity index (χ3n) is 5.50. The quantitative estimate of drug-likeness (QED) is 0.690. The van der Waals surface area contributed by atoms with Crippen molar-refractivity contribution in [2.75, 3.05) is 30.8 Å². The maximum atomic E-state index is 13.2. The topological polar surface area (TPSA) is 93.2 Å². The second kappa shape index (κ2) is 8.05. The molecule has 164 valence electrons. The fourth-order valence-electron chi connectivity index (χ4n) is 3.89. The highest BCUT2D eigenvalue weighted by Gasteiger charge is 2.38. The van der Waals surface area contributed by atoms with E-state index in [0.29, 0.717) is 35.3 Å². The smallest absolute Gasteiger partial charge is 0.254 e. The molecule has 8 nitrogen and oxygen atoms in total. The number of carbonyl (C=O) groups excluding carboxylic acids is 2. The van der Waals surface area contributed by atoms with Crippen molar-refractivity contribution >= 4 is 39.1 Å². The summed E-state index contributed by atoms with van der Waals surface area (Å²) in [5, 5.41) is 0.0937. The van der Waals surface area contributed by atoms with Gasteiger partial charge in [0.05, 0.1) is 30.7 Å². The highest BCUT2D eigenvalue weighted by atomic mass is 35.5. The first-order valence-corrected chi connectivity index (χ1v) is 11.6. The van der Waals surface area contributed by atoms with Gasteiger partial charge in [0.1, 0.15) is 0 Å². The summed E-state index contributed by atoms with van der Waals surface area (Å²) in [5.74, 6) is 0.123. The summed E-state index contributed by atoms with van der Waals surface area (Å²) in [7, 11) is -0.655. The molecule has 1 fully saturated rings. The van der Waals surface area contributed by atoms with Gasteiger partial charge < -0.3 is 14.4 Å². The molecule has 1 saturated heterocycles. The zero-order valence-electron chi connectivity index (χ0n) is 17.1. The number of methoxy groups -OCH3 is 2. The minimum atomic E-state index is -3.78. The molecule has 0 unspecified atom stereocenters. The molecule has 2 aliphatic heterocycles. The molecular weight excluding hydrogens is 444 g/mol. The Morgan fingerprint density at radius 2 is 1.71 bits per heavy atom. The number of sulfonamides is 1. The van der Waals surface area contributed by atoms with Crippen molar-refractivity contribution in [2.45, 2.75) is 19.4 Å². The maximum Gasteiger partial charge on any atom is 0.254 e. The lowest BCUT2D eigenvalue weighted by atomic mass is 9.98. The number of ether oxygens (including phenoxy) is 2. The summed E-state index contributed by atoms with van der Waals surface area (Å²) in [4.78, 5) is 27.0. The van der Waals surface area contributed by atoms with Crippen LogP contribution in [0.25, 0.3) is 0 Å². The molecule has 10 heteroatoms. The molecule has 0 aliphatic carbocycles. The van der Waals surface area contributed by atoms with E-state index < -0.39 is 15.9 Å². The fourth-order valence-corrected chi connectivity index (χ4v) is 5.61. The monoisotopic (exact) mass is 464 g/mol. The maximum absolute atomic E-state index is 13.2. The molecule has 0 aromatic heterocycles. The van der Waals surface area contributed by atoms with Crippen LogP contribution in [0.5, 0.6) is 11.5 Å². The number of anilines is 1. The van der Waals surface area contributed by atoms with Crippen molar-refractivity contribution < 1.29 is 27.5 Å². The van der Waals surface area contributed by atoms with Crippen molar-refractivity contribution in [3.8, 4) is 11.5 Å². The first-order valence-electron chi connectivity index (χ1n) is 9.63. The summed E-state index contributed by atoms with van der Waals surface area (Å²) >= 11 is 6.18. The molecule has 2 heterocycles. The highest BCUT2D eigenvalue weighted by molar-refractivity contribution is 7.94. The fraction of sp³-hybridized carbons (Fsp3) is 0.333. The number of fused-ring (bicyclic) bond motifs is 1. The Morgan fingerprint density at radius 1 is 1.03 bits per heavy atom. The van der Waals surface area contributed by atoms with Gasteiger partial charge in [0, 0.05) is 25.1 Å². The van der Waals surface area contributed by atoms with Gasteiger partial charge in [0.15, 0.2) is 11.5 Å². The van der Waals surface area contributed by atoms with Gasteiger partial charge in [-0.25, -0.2) is 12.7 Å². The minimum absolute atomic E-state index is 0.0128. The van der Waals surface area contributed by atoms with Gasteiger partial charge in [-0.1, -0.05) is 11.6 Å². The Balaban J connectivity index is 1.63. The van der Waals surface area contributed by atoms with E-state index >= 15 is 0 Å². The van der Waals surface area contributed by atoms with Gasteiger partial charge in [0.2, 0.25) is 15.9 Å². The zero-order valence-corrected chi connectivity index (χ0v) is 18.6. The number of nitrogens with zero attached hydrogens (tertiary/aromatic N) is 2. The first-order chi connectivity index (χ1) is 14.7. The lowest BCUT2D eigenvalue weighted by molar-refractivity contribution is -0.116. The summed E-state index contributed by atoms with van der Waals surface area (Å²) in [5.41, 5.74) is 2.30. The van der Waals surface area contributed by atoms with E-state index in [1.165, 1.54) is 18.2 Å². The number of carbonyl (C=O) groups is 2. The van der Waals surface area contributed by atoms with Crippen LogP contribution in [-0.4, -0.2) is 51.6 Å². The van der Waals surface area contributed by atoms with Crippen molar-refractivity contribution in [2.24, 2.45) is 0 Å². The Bertz CT molecular complexity index is 1180. The van der Waals surface area contributed by atoms with Gasteiger partial charge in [-0.3, -0.25) is 9.59 Å². The van der Waals surface area contributed by atoms with Crippen LogP contribution in [0, 0.1) is 0 Å². The summed E-state index contributed by atoms with van der Waals surface area (Å²) in [6.45, 7) is 0.855. The van der Waals surface area contributed by atoms with E-state index in [0.717, 1.165) is 11.1 Å². The van der Waals surface area contributed by atoms with E-state index in [2.05, 4.69) is 0 Å². The molecule has 0 saturated carbocycles. The molecule has 0 atom stereocenters. The second-order valence-corrected chi connectivity index (χ2v) is 9.69. The number of hydrogen-bond donors (Lipinski definition) is 0. The third-order valence-corrected chi connectivity index (χ3v) is 7.49. The molecule has 0 spiro atoms. The lowest BCUT2D eigenvalue weighted by Gasteiger charge is -2.30. The van der Waals surface area contributed by atoms with Crippen LogP contribution >= 0.6 is 11.6 Å². The van der Waals surface area contributed by atoms with Gasteiger partial charge >= 0.3 is 0 Å². The van der Waals surface area contributed by atoms with Gasteiger partial charge in [0.25, 0.3) is 5.91 Å². The van der Waals surface area contributed by atoms with Crippen molar-refractivity contribution in [1.82, 2.24) is 4.90 Å². The first kappa shape index (κ1) is 21.5. The third kappa shape index (κ3) is 3.83. The van der Waals surface area contributed by atoms with Crippen molar-refractivity contribution in [3.05, 3.63) is 52.0 Å². The van der Waals surface area contributed by atoms with Crippen molar-refractivity contribution in [1.29, 1.82) is 0 Å². The van der Waals surface area contributed by atoms with Crippen LogP contribution in [0.15, 0.2) is 30.3 Å².